The van der Waals surface area contributed by atoms with E-state index in [1.807, 2.05) is 0 Å². The molecule has 2 N–H and O–H groups in total. The van der Waals surface area contributed by atoms with Crippen molar-refractivity contribution in [2.75, 3.05) is 13.2 Å². The smallest absolute Gasteiger partial charge is 0.244 e. The highest BCUT2D eigenvalue weighted by molar-refractivity contribution is 6.31. The van der Waals surface area contributed by atoms with Crippen molar-refractivity contribution in [2.24, 2.45) is 0 Å². The van der Waals surface area contributed by atoms with Gasteiger partial charge in [-0.1, -0.05) is 11.6 Å². The van der Waals surface area contributed by atoms with E-state index in [-0.39, 0.29) is 19.1 Å². The van der Waals surface area contributed by atoms with E-state index in [4.69, 9.17) is 16.7 Å². The summed E-state index contributed by atoms with van der Waals surface area (Å²) in [4.78, 5) is 11.5. The first-order valence-corrected chi connectivity index (χ1v) is 5.04. The molecule has 0 aliphatic heterocycles. The minimum absolute atomic E-state index is 0.0721. The lowest BCUT2D eigenvalue weighted by Gasteiger charge is -2.11. The van der Waals surface area contributed by atoms with Crippen molar-refractivity contribution in [2.45, 2.75) is 19.9 Å². The van der Waals surface area contributed by atoms with Crippen LogP contribution < -0.4 is 5.32 Å². The summed E-state index contributed by atoms with van der Waals surface area (Å²) in [5.41, 5.74) is 0.693. The van der Waals surface area contributed by atoms with Gasteiger partial charge in [0.15, 0.2) is 0 Å². The van der Waals surface area contributed by atoms with Crippen molar-refractivity contribution < 1.29 is 9.90 Å². The standard InChI is InChI=1S/C9H14ClN3O2/c1-6-8(10)5-13(12-6)7(2)9(15)11-3-4-14/h5,7,14H,3-4H2,1-2H3,(H,11,15). The van der Waals surface area contributed by atoms with Gasteiger partial charge in [0.25, 0.3) is 0 Å². The Morgan fingerprint density at radius 3 is 2.93 bits per heavy atom. The fraction of sp³-hybridized carbons (Fsp3) is 0.556. The highest BCUT2D eigenvalue weighted by Gasteiger charge is 2.16. The van der Waals surface area contributed by atoms with E-state index in [9.17, 15) is 4.79 Å². The van der Waals surface area contributed by atoms with Gasteiger partial charge in [0.05, 0.1) is 17.3 Å². The van der Waals surface area contributed by atoms with Gasteiger partial charge in [-0.25, -0.2) is 0 Å². The summed E-state index contributed by atoms with van der Waals surface area (Å²) < 4.78 is 1.50. The Labute approximate surface area is 93.0 Å². The third-order valence-electron chi connectivity index (χ3n) is 2.04. The first-order chi connectivity index (χ1) is 7.06. The molecule has 0 spiro atoms. The van der Waals surface area contributed by atoms with E-state index < -0.39 is 6.04 Å². The van der Waals surface area contributed by atoms with Crippen LogP contribution >= 0.6 is 11.6 Å². The number of amides is 1. The van der Waals surface area contributed by atoms with Gasteiger partial charge in [-0.2, -0.15) is 5.10 Å². The molecule has 0 saturated carbocycles. The number of hydrogen-bond acceptors (Lipinski definition) is 3. The predicted molar refractivity (Wildman–Crippen MR) is 56.8 cm³/mol. The number of nitrogens with one attached hydrogen (secondary N) is 1. The van der Waals surface area contributed by atoms with Crippen LogP contribution in [-0.2, 0) is 4.79 Å². The number of rotatable bonds is 4. The zero-order valence-corrected chi connectivity index (χ0v) is 9.45. The Kier molecular flexibility index (Phi) is 4.11. The topological polar surface area (TPSA) is 67.2 Å². The summed E-state index contributed by atoms with van der Waals surface area (Å²) in [5.74, 6) is -0.191. The Hall–Kier alpha value is -1.07. The molecular formula is C9H14ClN3O2. The Morgan fingerprint density at radius 1 is 1.80 bits per heavy atom. The molecule has 1 heterocycles. The molecule has 6 heteroatoms. The van der Waals surface area contributed by atoms with Crippen LogP contribution in [0.15, 0.2) is 6.20 Å². The Bertz CT molecular complexity index is 332. The third kappa shape index (κ3) is 2.94. The van der Waals surface area contributed by atoms with Gasteiger partial charge >= 0.3 is 0 Å². The maximum atomic E-state index is 11.5. The molecule has 5 nitrogen and oxygen atoms in total. The van der Waals surface area contributed by atoms with Gasteiger partial charge in [-0.15, -0.1) is 0 Å². The molecule has 0 aromatic carbocycles. The van der Waals surface area contributed by atoms with Gasteiger partial charge in [-0.3, -0.25) is 9.48 Å². The highest BCUT2D eigenvalue weighted by Crippen LogP contribution is 2.15. The van der Waals surface area contributed by atoms with Crippen LogP contribution in [0.4, 0.5) is 0 Å². The maximum absolute atomic E-state index is 11.5. The fourth-order valence-electron chi connectivity index (χ4n) is 1.10. The molecule has 0 saturated heterocycles. The lowest BCUT2D eigenvalue weighted by molar-refractivity contribution is -0.124. The van der Waals surface area contributed by atoms with Crippen molar-refractivity contribution in [3.05, 3.63) is 16.9 Å². The van der Waals surface area contributed by atoms with E-state index in [0.29, 0.717) is 10.7 Å². The Morgan fingerprint density at radius 2 is 2.47 bits per heavy atom. The summed E-state index contributed by atoms with van der Waals surface area (Å²) in [6, 6.07) is -0.428. The predicted octanol–water partition coefficient (Wildman–Crippen LogP) is 0.514. The van der Waals surface area contributed by atoms with E-state index in [0.717, 1.165) is 0 Å². The van der Waals surface area contributed by atoms with Crippen LogP contribution in [-0.4, -0.2) is 33.9 Å². The first kappa shape index (κ1) is 12.0. The van der Waals surface area contributed by atoms with Gasteiger partial charge in [0, 0.05) is 12.7 Å². The summed E-state index contributed by atoms with van der Waals surface area (Å²) in [6.45, 7) is 3.67. The quantitative estimate of drug-likeness (QED) is 0.794. The average molecular weight is 232 g/mol. The van der Waals surface area contributed by atoms with Crippen LogP contribution in [0.25, 0.3) is 0 Å². The van der Waals surface area contributed by atoms with Crippen LogP contribution in [0.5, 0.6) is 0 Å². The van der Waals surface area contributed by atoms with Crippen LogP contribution in [0, 0.1) is 6.92 Å². The number of aliphatic hydroxyl groups is 1. The molecule has 0 fully saturated rings. The number of aryl methyl sites for hydroxylation is 1. The van der Waals surface area contributed by atoms with E-state index in [1.54, 1.807) is 20.0 Å². The minimum Gasteiger partial charge on any atom is -0.395 e. The lowest BCUT2D eigenvalue weighted by Crippen LogP contribution is -2.33. The molecule has 15 heavy (non-hydrogen) atoms. The molecular weight excluding hydrogens is 218 g/mol. The summed E-state index contributed by atoms with van der Waals surface area (Å²) in [5, 5.41) is 15.8. The number of carbonyl (C=O) groups is 1. The van der Waals surface area contributed by atoms with E-state index >= 15 is 0 Å². The largest absolute Gasteiger partial charge is 0.395 e. The molecule has 0 radical (unpaired) electrons. The number of halogens is 1. The van der Waals surface area contributed by atoms with Crippen molar-refractivity contribution >= 4 is 17.5 Å². The number of nitrogens with zero attached hydrogens (tertiary/aromatic N) is 2. The molecule has 0 bridgehead atoms. The third-order valence-corrected chi connectivity index (χ3v) is 2.42. The van der Waals surface area contributed by atoms with Crippen molar-refractivity contribution in [1.82, 2.24) is 15.1 Å². The second kappa shape index (κ2) is 5.14. The SMILES string of the molecule is Cc1nn(C(C)C(=O)NCCO)cc1Cl. The highest BCUT2D eigenvalue weighted by atomic mass is 35.5. The molecule has 1 unspecified atom stereocenters. The second-order valence-corrected chi connectivity index (χ2v) is 3.64. The summed E-state index contributed by atoms with van der Waals surface area (Å²) in [7, 11) is 0. The first-order valence-electron chi connectivity index (χ1n) is 4.66. The lowest BCUT2D eigenvalue weighted by atomic mass is 10.3. The number of hydrogen-bond donors (Lipinski definition) is 2. The zero-order valence-electron chi connectivity index (χ0n) is 8.70. The van der Waals surface area contributed by atoms with Gasteiger partial charge in [-0.05, 0) is 13.8 Å². The number of carbonyl (C=O) groups excluding carboxylic acids is 1. The molecule has 1 aromatic rings. The van der Waals surface area contributed by atoms with Crippen LogP contribution in [0.2, 0.25) is 5.02 Å². The van der Waals surface area contributed by atoms with Crippen molar-refractivity contribution in [1.29, 1.82) is 0 Å². The average Bonchev–Trinajstić information content (AvgIpc) is 2.54. The summed E-state index contributed by atoms with van der Waals surface area (Å²) >= 11 is 5.83. The summed E-state index contributed by atoms with van der Waals surface area (Å²) in [6.07, 6.45) is 1.61. The normalized spacial score (nSPS) is 12.5. The number of aliphatic hydroxyl groups excluding tert-OH is 1. The second-order valence-electron chi connectivity index (χ2n) is 3.23. The molecule has 1 aromatic heterocycles. The van der Waals surface area contributed by atoms with E-state index in [1.165, 1.54) is 4.68 Å². The monoisotopic (exact) mass is 231 g/mol. The van der Waals surface area contributed by atoms with Crippen LogP contribution in [0.3, 0.4) is 0 Å². The van der Waals surface area contributed by atoms with Crippen LogP contribution in [0.1, 0.15) is 18.7 Å². The minimum atomic E-state index is -0.428. The van der Waals surface area contributed by atoms with E-state index in [2.05, 4.69) is 10.4 Å². The van der Waals surface area contributed by atoms with Gasteiger partial charge in [0.2, 0.25) is 5.91 Å². The van der Waals surface area contributed by atoms with Crippen molar-refractivity contribution in [3.63, 3.8) is 0 Å². The molecule has 1 atom stereocenters. The maximum Gasteiger partial charge on any atom is 0.244 e. The zero-order chi connectivity index (χ0) is 11.4. The Balaban J connectivity index is 2.67. The van der Waals surface area contributed by atoms with Crippen molar-refractivity contribution in [3.8, 4) is 0 Å². The van der Waals surface area contributed by atoms with Gasteiger partial charge < -0.3 is 10.4 Å². The molecule has 1 rings (SSSR count). The molecule has 0 aliphatic rings. The fourth-order valence-corrected chi connectivity index (χ4v) is 1.24. The molecule has 84 valence electrons. The number of aromatic nitrogens is 2. The molecule has 0 aliphatic carbocycles. The molecule has 1 amide bonds. The van der Waals surface area contributed by atoms with Gasteiger partial charge in [0.1, 0.15) is 6.04 Å².